The third kappa shape index (κ3) is 2.27. The van der Waals surface area contributed by atoms with Crippen molar-refractivity contribution in [2.24, 2.45) is 11.7 Å². The van der Waals surface area contributed by atoms with Gasteiger partial charge in [-0.2, -0.15) is 11.8 Å². The molecule has 94 valence electrons. The maximum atomic E-state index is 10.8. The molecule has 3 heteroatoms. The Labute approximate surface area is 103 Å². The van der Waals surface area contributed by atoms with E-state index in [0.29, 0.717) is 0 Å². The fourth-order valence-corrected chi connectivity index (χ4v) is 4.48. The predicted octanol–water partition coefficient (Wildman–Crippen LogP) is 2.54. The zero-order valence-electron chi connectivity index (χ0n) is 10.4. The SMILES string of the molecule is CCC1CCC(O)(C2(N)CCSCC2)CC1. The second-order valence-electron chi connectivity index (χ2n) is 5.65. The number of rotatable bonds is 2. The van der Waals surface area contributed by atoms with Crippen LogP contribution < -0.4 is 5.73 Å². The van der Waals surface area contributed by atoms with Gasteiger partial charge in [0.05, 0.1) is 5.60 Å². The van der Waals surface area contributed by atoms with Gasteiger partial charge in [0.25, 0.3) is 0 Å². The lowest BCUT2D eigenvalue weighted by molar-refractivity contribution is -0.0771. The second-order valence-corrected chi connectivity index (χ2v) is 6.88. The maximum Gasteiger partial charge on any atom is 0.0827 e. The van der Waals surface area contributed by atoms with E-state index in [-0.39, 0.29) is 5.54 Å². The van der Waals surface area contributed by atoms with Crippen LogP contribution in [0.25, 0.3) is 0 Å². The fourth-order valence-electron chi connectivity index (χ4n) is 3.26. The van der Waals surface area contributed by atoms with Crippen molar-refractivity contribution in [2.75, 3.05) is 11.5 Å². The molecule has 16 heavy (non-hydrogen) atoms. The molecule has 0 amide bonds. The lowest BCUT2D eigenvalue weighted by atomic mass is 9.66. The molecule has 0 bridgehead atoms. The number of nitrogens with two attached hydrogens (primary N) is 1. The summed E-state index contributed by atoms with van der Waals surface area (Å²) in [7, 11) is 0. The molecule has 0 radical (unpaired) electrons. The molecule has 1 saturated heterocycles. The molecule has 1 saturated carbocycles. The van der Waals surface area contributed by atoms with Crippen molar-refractivity contribution >= 4 is 11.8 Å². The number of hydrogen-bond acceptors (Lipinski definition) is 3. The minimum atomic E-state index is -0.570. The van der Waals surface area contributed by atoms with Gasteiger partial charge in [0.2, 0.25) is 0 Å². The second kappa shape index (κ2) is 4.87. The Balaban J connectivity index is 2.01. The van der Waals surface area contributed by atoms with E-state index in [1.807, 2.05) is 11.8 Å². The zero-order valence-corrected chi connectivity index (χ0v) is 11.2. The van der Waals surface area contributed by atoms with E-state index < -0.39 is 5.60 Å². The van der Waals surface area contributed by atoms with Crippen LogP contribution in [0.2, 0.25) is 0 Å². The highest BCUT2D eigenvalue weighted by atomic mass is 32.2. The molecule has 0 spiro atoms. The topological polar surface area (TPSA) is 46.2 Å². The van der Waals surface area contributed by atoms with Crippen LogP contribution in [0, 0.1) is 5.92 Å². The molecule has 2 aliphatic rings. The third-order valence-electron chi connectivity index (χ3n) is 4.82. The summed E-state index contributed by atoms with van der Waals surface area (Å²) in [5.41, 5.74) is 5.63. The lowest BCUT2D eigenvalue weighted by Crippen LogP contribution is -2.63. The van der Waals surface area contributed by atoms with Crippen molar-refractivity contribution in [3.8, 4) is 0 Å². The summed E-state index contributed by atoms with van der Waals surface area (Å²) in [6, 6.07) is 0. The van der Waals surface area contributed by atoms with Gasteiger partial charge in [-0.25, -0.2) is 0 Å². The molecule has 0 aromatic carbocycles. The Hall–Kier alpha value is 0.270. The largest absolute Gasteiger partial charge is 0.388 e. The lowest BCUT2D eigenvalue weighted by Gasteiger charge is -2.50. The van der Waals surface area contributed by atoms with Crippen LogP contribution in [0.4, 0.5) is 0 Å². The van der Waals surface area contributed by atoms with Crippen LogP contribution in [0.3, 0.4) is 0 Å². The molecule has 0 aromatic heterocycles. The molecular formula is C13H25NOS. The monoisotopic (exact) mass is 243 g/mol. The van der Waals surface area contributed by atoms with E-state index in [1.165, 1.54) is 19.3 Å². The minimum absolute atomic E-state index is 0.295. The van der Waals surface area contributed by atoms with E-state index in [4.69, 9.17) is 5.73 Å². The van der Waals surface area contributed by atoms with Gasteiger partial charge in [0.1, 0.15) is 0 Å². The standard InChI is InChI=1S/C13H25NOS/c1-2-11-3-5-13(15,6-4-11)12(14)7-9-16-10-8-12/h11,15H,2-10,14H2,1H3. The molecular weight excluding hydrogens is 218 g/mol. The summed E-state index contributed by atoms with van der Waals surface area (Å²) < 4.78 is 0. The number of thioether (sulfide) groups is 1. The number of hydrogen-bond donors (Lipinski definition) is 2. The Bertz CT molecular complexity index is 230. The average molecular weight is 243 g/mol. The quantitative estimate of drug-likeness (QED) is 0.783. The van der Waals surface area contributed by atoms with Crippen LogP contribution in [0.1, 0.15) is 51.9 Å². The molecule has 0 atom stereocenters. The van der Waals surface area contributed by atoms with Crippen molar-refractivity contribution in [1.82, 2.24) is 0 Å². The minimum Gasteiger partial charge on any atom is -0.388 e. The van der Waals surface area contributed by atoms with Gasteiger partial charge < -0.3 is 10.8 Å². The van der Waals surface area contributed by atoms with Gasteiger partial charge in [-0.05, 0) is 55.9 Å². The maximum absolute atomic E-state index is 10.8. The highest BCUT2D eigenvalue weighted by Crippen LogP contribution is 2.44. The molecule has 0 unspecified atom stereocenters. The molecule has 2 fully saturated rings. The van der Waals surface area contributed by atoms with E-state index in [1.54, 1.807) is 0 Å². The first-order chi connectivity index (χ1) is 7.60. The van der Waals surface area contributed by atoms with E-state index >= 15 is 0 Å². The fraction of sp³-hybridized carbons (Fsp3) is 1.00. The van der Waals surface area contributed by atoms with Gasteiger partial charge in [-0.3, -0.25) is 0 Å². The third-order valence-corrected chi connectivity index (χ3v) is 5.81. The van der Waals surface area contributed by atoms with Crippen LogP contribution in [-0.2, 0) is 0 Å². The summed E-state index contributed by atoms with van der Waals surface area (Å²) in [5.74, 6) is 3.06. The van der Waals surface area contributed by atoms with Gasteiger partial charge >= 0.3 is 0 Å². The first kappa shape index (κ1) is 12.7. The van der Waals surface area contributed by atoms with Crippen molar-refractivity contribution in [3.05, 3.63) is 0 Å². The van der Waals surface area contributed by atoms with Crippen LogP contribution in [-0.4, -0.2) is 27.8 Å². The molecule has 1 aliphatic heterocycles. The zero-order chi connectivity index (χ0) is 11.6. The molecule has 1 heterocycles. The summed E-state index contributed by atoms with van der Waals surface area (Å²) in [6.07, 6.45) is 7.41. The van der Waals surface area contributed by atoms with Crippen molar-refractivity contribution < 1.29 is 5.11 Å². The normalized spacial score (nSPS) is 39.6. The number of aliphatic hydroxyl groups is 1. The first-order valence-corrected chi connectivity index (χ1v) is 7.84. The van der Waals surface area contributed by atoms with Crippen LogP contribution in [0.5, 0.6) is 0 Å². The van der Waals surface area contributed by atoms with Gasteiger partial charge in [-0.1, -0.05) is 13.3 Å². The first-order valence-electron chi connectivity index (χ1n) is 6.69. The summed E-state index contributed by atoms with van der Waals surface area (Å²) in [5, 5.41) is 10.8. The molecule has 2 nitrogen and oxygen atoms in total. The van der Waals surface area contributed by atoms with Gasteiger partial charge in [-0.15, -0.1) is 0 Å². The molecule has 3 N–H and O–H groups in total. The molecule has 2 rings (SSSR count). The smallest absolute Gasteiger partial charge is 0.0827 e. The van der Waals surface area contributed by atoms with Gasteiger partial charge in [0, 0.05) is 5.54 Å². The van der Waals surface area contributed by atoms with Crippen molar-refractivity contribution in [3.63, 3.8) is 0 Å². The van der Waals surface area contributed by atoms with Crippen LogP contribution in [0.15, 0.2) is 0 Å². The Morgan fingerprint density at radius 1 is 1.19 bits per heavy atom. The Kier molecular flexibility index (Phi) is 3.87. The van der Waals surface area contributed by atoms with Crippen LogP contribution >= 0.6 is 11.8 Å². The summed E-state index contributed by atoms with van der Waals surface area (Å²) in [6.45, 7) is 2.25. The van der Waals surface area contributed by atoms with Crippen molar-refractivity contribution in [1.29, 1.82) is 0 Å². The predicted molar refractivity (Wildman–Crippen MR) is 70.7 cm³/mol. The average Bonchev–Trinajstić information content (AvgIpc) is 2.31. The summed E-state index contributed by atoms with van der Waals surface area (Å²) >= 11 is 1.97. The van der Waals surface area contributed by atoms with E-state index in [9.17, 15) is 5.11 Å². The summed E-state index contributed by atoms with van der Waals surface area (Å²) in [4.78, 5) is 0. The van der Waals surface area contributed by atoms with E-state index in [0.717, 1.165) is 43.1 Å². The highest BCUT2D eigenvalue weighted by Gasteiger charge is 2.49. The van der Waals surface area contributed by atoms with Gasteiger partial charge in [0.15, 0.2) is 0 Å². The van der Waals surface area contributed by atoms with E-state index in [2.05, 4.69) is 6.92 Å². The Morgan fingerprint density at radius 2 is 1.75 bits per heavy atom. The Morgan fingerprint density at radius 3 is 2.25 bits per heavy atom. The molecule has 0 aromatic rings. The molecule has 1 aliphatic carbocycles. The van der Waals surface area contributed by atoms with Crippen molar-refractivity contribution in [2.45, 2.75) is 63.0 Å². The highest BCUT2D eigenvalue weighted by molar-refractivity contribution is 7.99.